The predicted molar refractivity (Wildman–Crippen MR) is 105 cm³/mol. The van der Waals surface area contributed by atoms with Gasteiger partial charge in [0.1, 0.15) is 18.1 Å². The molecule has 0 aromatic heterocycles. The van der Waals surface area contributed by atoms with E-state index >= 15 is 0 Å². The number of ether oxygens (including phenoxy) is 2. The van der Waals surface area contributed by atoms with Crippen LogP contribution in [0, 0.1) is 0 Å². The van der Waals surface area contributed by atoms with Gasteiger partial charge in [0.2, 0.25) is 0 Å². The molecular formula is C21H27N3O3. The van der Waals surface area contributed by atoms with Crippen molar-refractivity contribution in [3.8, 4) is 11.5 Å². The van der Waals surface area contributed by atoms with Gasteiger partial charge in [0.05, 0.1) is 12.7 Å². The Morgan fingerprint density at radius 2 is 2.07 bits per heavy atom. The lowest BCUT2D eigenvalue weighted by molar-refractivity contribution is 0.0933. The summed E-state index contributed by atoms with van der Waals surface area (Å²) in [6.07, 6.45) is 0.938. The summed E-state index contributed by atoms with van der Waals surface area (Å²) in [7, 11) is 1.58. The predicted octanol–water partition coefficient (Wildman–Crippen LogP) is 2.04. The summed E-state index contributed by atoms with van der Waals surface area (Å²) in [5.41, 5.74) is 7.32. The molecule has 1 aliphatic heterocycles. The van der Waals surface area contributed by atoms with Crippen LogP contribution in [0.15, 0.2) is 48.5 Å². The van der Waals surface area contributed by atoms with Crippen LogP contribution in [0.1, 0.15) is 22.3 Å². The number of hydrogen-bond acceptors (Lipinski definition) is 5. The lowest BCUT2D eigenvalue weighted by Crippen LogP contribution is -2.37. The number of nitrogens with zero attached hydrogens (tertiary/aromatic N) is 1. The molecule has 1 atom stereocenters. The molecule has 0 saturated carbocycles. The van der Waals surface area contributed by atoms with Gasteiger partial charge in [0.15, 0.2) is 0 Å². The van der Waals surface area contributed by atoms with Crippen molar-refractivity contribution in [1.82, 2.24) is 10.2 Å². The van der Waals surface area contributed by atoms with E-state index in [2.05, 4.69) is 34.5 Å². The van der Waals surface area contributed by atoms with Gasteiger partial charge in [-0.3, -0.25) is 9.69 Å². The molecule has 0 bridgehead atoms. The summed E-state index contributed by atoms with van der Waals surface area (Å²) in [6.45, 7) is 3.45. The minimum Gasteiger partial charge on any atom is -0.497 e. The molecule has 3 rings (SSSR count). The molecule has 0 spiro atoms. The van der Waals surface area contributed by atoms with Crippen molar-refractivity contribution < 1.29 is 14.3 Å². The number of nitrogens with one attached hydrogen (secondary N) is 1. The Morgan fingerprint density at radius 3 is 2.81 bits per heavy atom. The van der Waals surface area contributed by atoms with E-state index in [4.69, 9.17) is 15.2 Å². The van der Waals surface area contributed by atoms with Crippen LogP contribution in [0.5, 0.6) is 11.5 Å². The fourth-order valence-electron chi connectivity index (χ4n) is 3.30. The zero-order chi connectivity index (χ0) is 19.1. The Labute approximate surface area is 160 Å². The van der Waals surface area contributed by atoms with Crippen LogP contribution in [0.25, 0.3) is 0 Å². The zero-order valence-corrected chi connectivity index (χ0v) is 15.7. The van der Waals surface area contributed by atoms with E-state index < -0.39 is 0 Å². The van der Waals surface area contributed by atoms with E-state index in [1.165, 1.54) is 5.56 Å². The molecule has 0 radical (unpaired) electrons. The van der Waals surface area contributed by atoms with Crippen molar-refractivity contribution >= 4 is 5.91 Å². The highest BCUT2D eigenvalue weighted by atomic mass is 16.5. The largest absolute Gasteiger partial charge is 0.497 e. The number of benzene rings is 2. The highest BCUT2D eigenvalue weighted by molar-refractivity contribution is 5.97. The molecule has 27 heavy (non-hydrogen) atoms. The van der Waals surface area contributed by atoms with Crippen LogP contribution in [-0.2, 0) is 6.54 Å². The maximum absolute atomic E-state index is 12.8. The average molecular weight is 369 g/mol. The highest BCUT2D eigenvalue weighted by Crippen LogP contribution is 2.25. The molecule has 0 aliphatic carbocycles. The van der Waals surface area contributed by atoms with Crippen LogP contribution < -0.4 is 20.5 Å². The second kappa shape index (κ2) is 9.39. The Balaban J connectivity index is 1.60. The van der Waals surface area contributed by atoms with Gasteiger partial charge in [-0.2, -0.15) is 0 Å². The first-order chi connectivity index (χ1) is 13.2. The van der Waals surface area contributed by atoms with Crippen molar-refractivity contribution in [2.45, 2.75) is 19.0 Å². The van der Waals surface area contributed by atoms with Crippen molar-refractivity contribution in [1.29, 1.82) is 0 Å². The lowest BCUT2D eigenvalue weighted by atomic mass is 10.1. The molecule has 2 aromatic rings. The monoisotopic (exact) mass is 369 g/mol. The molecule has 1 saturated heterocycles. The smallest absolute Gasteiger partial charge is 0.255 e. The first-order valence-corrected chi connectivity index (χ1v) is 9.27. The molecule has 2 aromatic carbocycles. The van der Waals surface area contributed by atoms with E-state index in [0.29, 0.717) is 30.2 Å². The van der Waals surface area contributed by atoms with Gasteiger partial charge < -0.3 is 20.5 Å². The SMILES string of the molecule is COc1ccc(C(=O)N[C@@H]2CCN(Cc3ccccc3)C2)c(OCCN)c1. The first-order valence-electron chi connectivity index (χ1n) is 9.27. The quantitative estimate of drug-likeness (QED) is 0.745. The molecule has 1 amide bonds. The fourth-order valence-corrected chi connectivity index (χ4v) is 3.30. The summed E-state index contributed by atoms with van der Waals surface area (Å²) < 4.78 is 10.9. The van der Waals surface area contributed by atoms with E-state index in [1.807, 2.05) is 6.07 Å². The molecule has 6 heteroatoms. The Morgan fingerprint density at radius 1 is 1.26 bits per heavy atom. The average Bonchev–Trinajstić information content (AvgIpc) is 3.13. The second-order valence-electron chi connectivity index (χ2n) is 6.68. The van der Waals surface area contributed by atoms with Gasteiger partial charge in [-0.25, -0.2) is 0 Å². The van der Waals surface area contributed by atoms with Crippen LogP contribution in [-0.4, -0.2) is 50.2 Å². The highest BCUT2D eigenvalue weighted by Gasteiger charge is 2.25. The minimum atomic E-state index is -0.128. The van der Waals surface area contributed by atoms with Gasteiger partial charge in [0, 0.05) is 38.3 Å². The number of likely N-dealkylation sites (tertiary alicyclic amines) is 1. The third-order valence-corrected chi connectivity index (χ3v) is 4.67. The van der Waals surface area contributed by atoms with Crippen molar-refractivity contribution in [3.05, 3.63) is 59.7 Å². The number of amides is 1. The summed E-state index contributed by atoms with van der Waals surface area (Å²) in [6, 6.07) is 15.7. The van der Waals surface area contributed by atoms with Crippen molar-refractivity contribution in [2.24, 2.45) is 5.73 Å². The van der Waals surface area contributed by atoms with Crippen LogP contribution >= 0.6 is 0 Å². The fraction of sp³-hybridized carbons (Fsp3) is 0.381. The summed E-state index contributed by atoms with van der Waals surface area (Å²) in [5.74, 6) is 1.01. The van der Waals surface area contributed by atoms with E-state index in [1.54, 1.807) is 25.3 Å². The number of rotatable bonds is 8. The van der Waals surface area contributed by atoms with Crippen LogP contribution in [0.3, 0.4) is 0 Å². The topological polar surface area (TPSA) is 76.8 Å². The Bertz CT molecular complexity index is 752. The minimum absolute atomic E-state index is 0.128. The molecule has 144 valence electrons. The van der Waals surface area contributed by atoms with Gasteiger partial charge in [-0.1, -0.05) is 30.3 Å². The number of carbonyl (C=O) groups is 1. The normalized spacial score (nSPS) is 16.9. The molecule has 3 N–H and O–H groups in total. The molecule has 0 unspecified atom stereocenters. The van der Waals surface area contributed by atoms with Crippen molar-refractivity contribution in [3.63, 3.8) is 0 Å². The molecule has 6 nitrogen and oxygen atoms in total. The zero-order valence-electron chi connectivity index (χ0n) is 15.7. The van der Waals surface area contributed by atoms with Gasteiger partial charge in [-0.15, -0.1) is 0 Å². The molecular weight excluding hydrogens is 342 g/mol. The summed E-state index contributed by atoms with van der Waals surface area (Å²) >= 11 is 0. The van der Waals surface area contributed by atoms with Crippen molar-refractivity contribution in [2.75, 3.05) is 33.4 Å². The first kappa shape index (κ1) is 19.2. The summed E-state index contributed by atoms with van der Waals surface area (Å²) in [4.78, 5) is 15.1. The van der Waals surface area contributed by atoms with Crippen LogP contribution in [0.4, 0.5) is 0 Å². The number of nitrogens with two attached hydrogens (primary N) is 1. The van der Waals surface area contributed by atoms with Gasteiger partial charge in [0.25, 0.3) is 5.91 Å². The van der Waals surface area contributed by atoms with Crippen LogP contribution in [0.2, 0.25) is 0 Å². The summed E-state index contributed by atoms with van der Waals surface area (Å²) in [5, 5.41) is 3.13. The van der Waals surface area contributed by atoms with E-state index in [-0.39, 0.29) is 11.9 Å². The van der Waals surface area contributed by atoms with E-state index in [0.717, 1.165) is 26.1 Å². The molecule has 1 heterocycles. The maximum Gasteiger partial charge on any atom is 0.255 e. The molecule has 1 fully saturated rings. The van der Waals surface area contributed by atoms with E-state index in [9.17, 15) is 4.79 Å². The standard InChI is InChI=1S/C21H27N3O3/c1-26-18-7-8-19(20(13-18)27-12-10-22)21(25)23-17-9-11-24(15-17)14-16-5-3-2-4-6-16/h2-8,13,17H,9-12,14-15,22H2,1H3,(H,23,25)/t17-/m1/s1. The number of hydrogen-bond donors (Lipinski definition) is 2. The van der Waals surface area contributed by atoms with Gasteiger partial charge in [-0.05, 0) is 24.1 Å². The lowest BCUT2D eigenvalue weighted by Gasteiger charge is -2.18. The number of carbonyl (C=O) groups excluding carboxylic acids is 1. The maximum atomic E-state index is 12.8. The third-order valence-electron chi connectivity index (χ3n) is 4.67. The third kappa shape index (κ3) is 5.21. The molecule has 1 aliphatic rings. The van der Waals surface area contributed by atoms with Gasteiger partial charge >= 0.3 is 0 Å². The second-order valence-corrected chi connectivity index (χ2v) is 6.68. The number of methoxy groups -OCH3 is 1. The Hall–Kier alpha value is -2.57. The Kier molecular flexibility index (Phi) is 6.68.